The van der Waals surface area contributed by atoms with Crippen LogP contribution in [0.2, 0.25) is 0 Å². The van der Waals surface area contributed by atoms with Crippen LogP contribution >= 0.6 is 0 Å². The molecule has 2 heterocycles. The second kappa shape index (κ2) is 9.87. The van der Waals surface area contributed by atoms with Crippen molar-refractivity contribution in [3.63, 3.8) is 0 Å². The van der Waals surface area contributed by atoms with Gasteiger partial charge in [-0.2, -0.15) is 0 Å². The predicted molar refractivity (Wildman–Crippen MR) is 134 cm³/mol. The average Bonchev–Trinajstić information content (AvgIpc) is 3.23. The van der Waals surface area contributed by atoms with Gasteiger partial charge in [0.25, 0.3) is 11.8 Å². The van der Waals surface area contributed by atoms with Gasteiger partial charge in [0.05, 0.1) is 12.3 Å². The van der Waals surface area contributed by atoms with Gasteiger partial charge in [-0.1, -0.05) is 36.4 Å². The second-order valence-corrected chi connectivity index (χ2v) is 8.24. The van der Waals surface area contributed by atoms with Crippen molar-refractivity contribution in [2.75, 3.05) is 11.5 Å². The monoisotopic (exact) mass is 483 g/mol. The van der Waals surface area contributed by atoms with Crippen LogP contribution in [0.25, 0.3) is 17.0 Å². The van der Waals surface area contributed by atoms with E-state index in [-0.39, 0.29) is 11.3 Å². The average molecular weight is 483 g/mol. The van der Waals surface area contributed by atoms with Gasteiger partial charge in [-0.15, -0.1) is 0 Å². The number of aryl methyl sites for hydroxylation is 1. The Kier molecular flexibility index (Phi) is 6.32. The number of urea groups is 1. The van der Waals surface area contributed by atoms with Crippen LogP contribution in [0.4, 0.5) is 14.9 Å². The number of para-hydroxylation sites is 2. The molecule has 1 aliphatic heterocycles. The fourth-order valence-electron chi connectivity index (χ4n) is 4.15. The van der Waals surface area contributed by atoms with E-state index in [1.807, 2.05) is 65.4 Å². The third kappa shape index (κ3) is 4.61. The molecule has 1 N–H and O–H groups in total. The maximum absolute atomic E-state index is 13.3. The van der Waals surface area contributed by atoms with Crippen molar-refractivity contribution in [3.8, 4) is 5.75 Å². The minimum atomic E-state index is -0.880. The normalized spacial score (nSPS) is 15.0. The summed E-state index contributed by atoms with van der Waals surface area (Å²) in [5.74, 6) is -1.25. The highest BCUT2D eigenvalue weighted by molar-refractivity contribution is 6.39. The van der Waals surface area contributed by atoms with Crippen molar-refractivity contribution in [2.24, 2.45) is 0 Å². The molecule has 5 rings (SSSR count). The van der Waals surface area contributed by atoms with Gasteiger partial charge in [0, 0.05) is 29.2 Å². The summed E-state index contributed by atoms with van der Waals surface area (Å²) < 4.78 is 21.2. The molecule has 1 saturated heterocycles. The first-order chi connectivity index (χ1) is 17.5. The molecule has 4 amide bonds. The fourth-order valence-corrected chi connectivity index (χ4v) is 4.15. The summed E-state index contributed by atoms with van der Waals surface area (Å²) in [5, 5.41) is 3.06. The first-order valence-electron chi connectivity index (χ1n) is 11.4. The number of imide groups is 2. The number of nitrogens with one attached hydrogen (secondary N) is 1. The van der Waals surface area contributed by atoms with Crippen LogP contribution in [0, 0.1) is 5.82 Å². The molecule has 7 nitrogen and oxygen atoms in total. The predicted octanol–water partition coefficient (Wildman–Crippen LogP) is 4.92. The molecular formula is C28H22FN3O4. The van der Waals surface area contributed by atoms with Crippen molar-refractivity contribution in [3.05, 3.63) is 102 Å². The molecule has 8 heteroatoms. The molecule has 0 bridgehead atoms. The minimum Gasteiger partial charge on any atom is -0.494 e. The molecule has 1 aromatic heterocycles. The lowest BCUT2D eigenvalue weighted by Gasteiger charge is -2.26. The highest BCUT2D eigenvalue weighted by Crippen LogP contribution is 2.27. The van der Waals surface area contributed by atoms with E-state index in [1.165, 1.54) is 18.2 Å². The Hall–Kier alpha value is -4.72. The van der Waals surface area contributed by atoms with Gasteiger partial charge < -0.3 is 9.30 Å². The van der Waals surface area contributed by atoms with Crippen LogP contribution < -0.4 is 15.0 Å². The number of rotatable bonds is 7. The Morgan fingerprint density at radius 2 is 1.61 bits per heavy atom. The van der Waals surface area contributed by atoms with Crippen molar-refractivity contribution in [2.45, 2.75) is 13.0 Å². The van der Waals surface area contributed by atoms with Gasteiger partial charge in [0.2, 0.25) is 0 Å². The molecule has 36 heavy (non-hydrogen) atoms. The number of ether oxygens (including phenoxy) is 1. The van der Waals surface area contributed by atoms with E-state index >= 15 is 0 Å². The second-order valence-electron chi connectivity index (χ2n) is 8.24. The summed E-state index contributed by atoms with van der Waals surface area (Å²) in [6.07, 6.45) is 4.11. The quantitative estimate of drug-likeness (QED) is 0.230. The van der Waals surface area contributed by atoms with Gasteiger partial charge >= 0.3 is 6.03 Å². The van der Waals surface area contributed by atoms with Gasteiger partial charge in [-0.3, -0.25) is 14.9 Å². The molecule has 180 valence electrons. The summed E-state index contributed by atoms with van der Waals surface area (Å²) in [6.45, 7) is 1.19. The van der Waals surface area contributed by atoms with Crippen LogP contribution in [0.5, 0.6) is 5.75 Å². The molecule has 1 fully saturated rings. The number of carbonyl (C=O) groups is 3. The lowest BCUT2D eigenvalue weighted by Crippen LogP contribution is -2.54. The smallest absolute Gasteiger partial charge is 0.335 e. The maximum Gasteiger partial charge on any atom is 0.335 e. The number of hydrogen-bond donors (Lipinski definition) is 1. The van der Waals surface area contributed by atoms with Gasteiger partial charge in [0.15, 0.2) is 0 Å². The Bertz CT molecular complexity index is 1480. The van der Waals surface area contributed by atoms with E-state index in [9.17, 15) is 18.8 Å². The molecule has 0 aliphatic carbocycles. The fraction of sp³-hybridized carbons (Fsp3) is 0.107. The highest BCUT2D eigenvalue weighted by atomic mass is 19.1. The number of anilines is 1. The van der Waals surface area contributed by atoms with Crippen molar-refractivity contribution >= 4 is 40.5 Å². The number of fused-ring (bicyclic) bond motifs is 1. The van der Waals surface area contributed by atoms with E-state index < -0.39 is 23.7 Å². The Balaban J connectivity index is 1.41. The van der Waals surface area contributed by atoms with Crippen LogP contribution in [-0.4, -0.2) is 29.0 Å². The molecule has 0 radical (unpaired) electrons. The number of carbonyl (C=O) groups excluding carboxylic acids is 3. The van der Waals surface area contributed by atoms with Crippen LogP contribution in [0.3, 0.4) is 0 Å². The number of aromatic nitrogens is 1. The van der Waals surface area contributed by atoms with Crippen molar-refractivity contribution in [1.82, 2.24) is 9.88 Å². The summed E-state index contributed by atoms with van der Waals surface area (Å²) in [6, 6.07) is 21.3. The molecule has 0 atom stereocenters. The molecule has 1 aliphatic rings. The third-order valence-corrected chi connectivity index (χ3v) is 5.86. The lowest BCUT2D eigenvalue weighted by molar-refractivity contribution is -0.122. The zero-order valence-electron chi connectivity index (χ0n) is 19.2. The minimum absolute atomic E-state index is 0.165. The van der Waals surface area contributed by atoms with Crippen molar-refractivity contribution in [1.29, 1.82) is 0 Å². The number of barbiturate groups is 1. The van der Waals surface area contributed by atoms with Crippen LogP contribution in [0.1, 0.15) is 12.0 Å². The Morgan fingerprint density at radius 1 is 0.889 bits per heavy atom. The molecule has 0 spiro atoms. The third-order valence-electron chi connectivity index (χ3n) is 5.86. The maximum atomic E-state index is 13.3. The zero-order valence-corrected chi connectivity index (χ0v) is 19.2. The van der Waals surface area contributed by atoms with Gasteiger partial charge in [0.1, 0.15) is 17.1 Å². The largest absolute Gasteiger partial charge is 0.494 e. The van der Waals surface area contributed by atoms with E-state index in [1.54, 1.807) is 0 Å². The summed E-state index contributed by atoms with van der Waals surface area (Å²) in [4.78, 5) is 39.0. The van der Waals surface area contributed by atoms with Gasteiger partial charge in [-0.05, 0) is 55.0 Å². The summed E-state index contributed by atoms with van der Waals surface area (Å²) >= 11 is 0. The van der Waals surface area contributed by atoms with E-state index in [0.29, 0.717) is 18.7 Å². The molecule has 4 aromatic rings. The molecule has 0 unspecified atom stereocenters. The number of amides is 4. The number of hydrogen-bond acceptors (Lipinski definition) is 4. The number of nitrogens with zero attached hydrogens (tertiary/aromatic N) is 2. The lowest BCUT2D eigenvalue weighted by atomic mass is 10.1. The SMILES string of the molecule is O=C1NC(=O)N(c2ccc(F)cc2)C(=O)C1=Cc1cn(CCCOc2ccccc2)c2ccccc12. The first kappa shape index (κ1) is 23.0. The van der Waals surface area contributed by atoms with E-state index in [2.05, 4.69) is 5.32 Å². The first-order valence-corrected chi connectivity index (χ1v) is 11.4. The summed E-state index contributed by atoms with van der Waals surface area (Å²) in [7, 11) is 0. The molecule has 3 aromatic carbocycles. The van der Waals surface area contributed by atoms with Crippen molar-refractivity contribution < 1.29 is 23.5 Å². The topological polar surface area (TPSA) is 80.6 Å². The Labute approximate surface area is 206 Å². The Morgan fingerprint density at radius 3 is 2.39 bits per heavy atom. The molecule has 0 saturated carbocycles. The van der Waals surface area contributed by atoms with Gasteiger partial charge in [-0.25, -0.2) is 14.1 Å². The van der Waals surface area contributed by atoms with Crippen LogP contribution in [0.15, 0.2) is 90.6 Å². The van der Waals surface area contributed by atoms with E-state index in [0.717, 1.165) is 40.1 Å². The highest BCUT2D eigenvalue weighted by Gasteiger charge is 2.37. The van der Waals surface area contributed by atoms with Crippen LogP contribution in [-0.2, 0) is 16.1 Å². The van der Waals surface area contributed by atoms with E-state index in [4.69, 9.17) is 4.74 Å². The molecular weight excluding hydrogens is 461 g/mol. The zero-order chi connectivity index (χ0) is 25.1. The summed E-state index contributed by atoms with van der Waals surface area (Å²) in [5.41, 5.74) is 1.59. The standard InChI is InChI=1S/C28H22FN3O4/c29-20-11-13-21(14-12-20)32-27(34)24(26(33)30-28(32)35)17-19-18-31(25-10-5-4-9-23(19)25)15-6-16-36-22-7-2-1-3-8-22/h1-5,7-14,17-18H,6,15-16H2,(H,30,33,35). The number of benzene rings is 3. The number of halogens is 1.